The number of aromatic nitrogens is 2. The van der Waals surface area contributed by atoms with Gasteiger partial charge in [0.1, 0.15) is 5.76 Å². The summed E-state index contributed by atoms with van der Waals surface area (Å²) in [5.74, 6) is 1.63. The van der Waals surface area contributed by atoms with Crippen LogP contribution in [-0.4, -0.2) is 15.8 Å². The molecule has 1 aliphatic carbocycles. The zero-order valence-corrected chi connectivity index (χ0v) is 14.0. The molecule has 5 nitrogen and oxygen atoms in total. The molecule has 0 saturated heterocycles. The van der Waals surface area contributed by atoms with Gasteiger partial charge in [-0.05, 0) is 37.0 Å². The largest absolute Gasteiger partial charge is 0.467 e. The van der Waals surface area contributed by atoms with E-state index in [0.717, 1.165) is 17.9 Å². The molecule has 1 aliphatic rings. The highest BCUT2D eigenvalue weighted by Crippen LogP contribution is 2.32. The average molecular weight is 333 g/mol. The first-order valence-corrected chi connectivity index (χ1v) is 8.41. The van der Waals surface area contributed by atoms with Crippen molar-refractivity contribution < 1.29 is 9.21 Å². The summed E-state index contributed by atoms with van der Waals surface area (Å²) in [6.07, 6.45) is 4.54. The number of nitrogens with one attached hydrogen (secondary N) is 1. The van der Waals surface area contributed by atoms with Gasteiger partial charge in [0.25, 0.3) is 0 Å². The Morgan fingerprint density at radius 3 is 2.80 bits per heavy atom. The van der Waals surface area contributed by atoms with E-state index in [9.17, 15) is 4.79 Å². The van der Waals surface area contributed by atoms with E-state index in [4.69, 9.17) is 4.42 Å². The van der Waals surface area contributed by atoms with Crippen LogP contribution in [0.4, 0.5) is 5.95 Å². The molecule has 0 radical (unpaired) electrons. The van der Waals surface area contributed by atoms with Crippen LogP contribution in [0.15, 0.2) is 53.3 Å². The van der Waals surface area contributed by atoms with Crippen molar-refractivity contribution in [3.05, 3.63) is 77.0 Å². The predicted octanol–water partition coefficient (Wildman–Crippen LogP) is 3.90. The molecule has 0 bridgehead atoms. The van der Waals surface area contributed by atoms with Crippen molar-refractivity contribution in [3.8, 4) is 0 Å². The molecule has 2 heterocycles. The molecular formula is C20H19N3O2. The van der Waals surface area contributed by atoms with Gasteiger partial charge < -0.3 is 9.73 Å². The zero-order valence-electron chi connectivity index (χ0n) is 14.0. The third kappa shape index (κ3) is 3.31. The normalized spacial score (nSPS) is 16.5. The van der Waals surface area contributed by atoms with Crippen molar-refractivity contribution in [1.82, 2.24) is 9.97 Å². The van der Waals surface area contributed by atoms with Crippen LogP contribution in [0.5, 0.6) is 0 Å². The summed E-state index contributed by atoms with van der Waals surface area (Å²) in [6.45, 7) is 2.58. The van der Waals surface area contributed by atoms with Crippen molar-refractivity contribution >= 4 is 11.7 Å². The van der Waals surface area contributed by atoms with Gasteiger partial charge in [-0.2, -0.15) is 0 Å². The minimum atomic E-state index is 0.115. The lowest BCUT2D eigenvalue weighted by molar-refractivity contribution is 0.0962. The van der Waals surface area contributed by atoms with Crippen LogP contribution >= 0.6 is 0 Å². The van der Waals surface area contributed by atoms with Gasteiger partial charge in [-0.1, -0.05) is 29.8 Å². The Labute approximate surface area is 146 Å². The van der Waals surface area contributed by atoms with Gasteiger partial charge >= 0.3 is 0 Å². The lowest BCUT2D eigenvalue weighted by Crippen LogP contribution is -2.21. The van der Waals surface area contributed by atoms with Crippen LogP contribution in [-0.2, 0) is 13.0 Å². The van der Waals surface area contributed by atoms with Crippen molar-refractivity contribution in [3.63, 3.8) is 0 Å². The number of hydrogen-bond acceptors (Lipinski definition) is 5. The second-order valence-electron chi connectivity index (χ2n) is 6.43. The Morgan fingerprint density at radius 2 is 2.04 bits per heavy atom. The molecular weight excluding hydrogens is 314 g/mol. The first-order chi connectivity index (χ1) is 12.2. The maximum Gasteiger partial charge on any atom is 0.223 e. The monoisotopic (exact) mass is 333 g/mol. The molecule has 0 amide bonds. The zero-order chi connectivity index (χ0) is 17.2. The highest BCUT2D eigenvalue weighted by molar-refractivity contribution is 5.98. The highest BCUT2D eigenvalue weighted by atomic mass is 16.3. The fourth-order valence-corrected chi connectivity index (χ4v) is 3.18. The number of Topliss-reactive ketones (excluding diaryl/α,β-unsaturated/α-hetero) is 1. The minimum absolute atomic E-state index is 0.115. The number of anilines is 1. The molecule has 2 aromatic heterocycles. The number of fused-ring (bicyclic) bond motifs is 1. The summed E-state index contributed by atoms with van der Waals surface area (Å²) in [4.78, 5) is 21.3. The number of furan rings is 1. The Kier molecular flexibility index (Phi) is 4.06. The maximum atomic E-state index is 12.5. The van der Waals surface area contributed by atoms with Crippen LogP contribution < -0.4 is 5.32 Å². The van der Waals surface area contributed by atoms with Crippen molar-refractivity contribution in [2.24, 2.45) is 0 Å². The molecule has 1 aromatic carbocycles. The van der Waals surface area contributed by atoms with Gasteiger partial charge in [-0.25, -0.2) is 9.97 Å². The van der Waals surface area contributed by atoms with E-state index in [1.165, 1.54) is 11.1 Å². The first-order valence-electron chi connectivity index (χ1n) is 8.41. The van der Waals surface area contributed by atoms with Crippen molar-refractivity contribution in [2.75, 3.05) is 5.32 Å². The average Bonchev–Trinajstić information content (AvgIpc) is 3.14. The van der Waals surface area contributed by atoms with Gasteiger partial charge in [0.05, 0.1) is 24.1 Å². The maximum absolute atomic E-state index is 12.5. The minimum Gasteiger partial charge on any atom is -0.467 e. The van der Waals surface area contributed by atoms with Crippen LogP contribution in [0, 0.1) is 6.92 Å². The number of nitrogens with zero attached hydrogens (tertiary/aromatic N) is 2. The third-order valence-corrected chi connectivity index (χ3v) is 4.59. The van der Waals surface area contributed by atoms with Crippen LogP contribution in [0.25, 0.3) is 0 Å². The predicted molar refractivity (Wildman–Crippen MR) is 94.6 cm³/mol. The quantitative estimate of drug-likeness (QED) is 0.784. The van der Waals surface area contributed by atoms with Gasteiger partial charge in [-0.3, -0.25) is 4.79 Å². The lowest BCUT2D eigenvalue weighted by Gasteiger charge is -2.23. The first kappa shape index (κ1) is 15.6. The Bertz CT molecular complexity index is 886. The summed E-state index contributed by atoms with van der Waals surface area (Å²) >= 11 is 0. The van der Waals surface area contributed by atoms with E-state index in [1.807, 2.05) is 12.1 Å². The molecule has 0 saturated carbocycles. The summed E-state index contributed by atoms with van der Waals surface area (Å²) < 4.78 is 5.30. The summed E-state index contributed by atoms with van der Waals surface area (Å²) in [5.41, 5.74) is 3.87. The number of rotatable bonds is 4. The Morgan fingerprint density at radius 1 is 1.20 bits per heavy atom. The molecule has 1 atom stereocenters. The second-order valence-corrected chi connectivity index (χ2v) is 6.43. The molecule has 1 unspecified atom stereocenters. The Hall–Kier alpha value is -2.95. The van der Waals surface area contributed by atoms with Gasteiger partial charge in [0.15, 0.2) is 5.78 Å². The second kappa shape index (κ2) is 6.51. The standard InChI is InChI=1S/C20H19N3O2/c1-13-4-6-14(7-5-13)15-9-18-17(19(24)10-15)12-22-20(23-18)21-11-16-3-2-8-25-16/h2-8,12,15H,9-11H2,1H3,(H,21,22,23). The number of carbonyl (C=O) groups is 1. The van der Waals surface area contributed by atoms with Crippen LogP contribution in [0.2, 0.25) is 0 Å². The molecule has 0 fully saturated rings. The van der Waals surface area contributed by atoms with E-state index >= 15 is 0 Å². The van der Waals surface area contributed by atoms with Gasteiger partial charge in [0.2, 0.25) is 5.95 Å². The molecule has 0 aliphatic heterocycles. The summed E-state index contributed by atoms with van der Waals surface area (Å²) in [6, 6.07) is 12.1. The van der Waals surface area contributed by atoms with Gasteiger partial charge in [-0.15, -0.1) is 0 Å². The molecule has 3 aromatic rings. The smallest absolute Gasteiger partial charge is 0.223 e. The fraction of sp³-hybridized carbons (Fsp3) is 0.250. The Balaban J connectivity index is 1.55. The molecule has 126 valence electrons. The number of carbonyl (C=O) groups excluding carboxylic acids is 1. The summed E-state index contributed by atoms with van der Waals surface area (Å²) in [5, 5.41) is 3.15. The number of benzene rings is 1. The highest BCUT2D eigenvalue weighted by Gasteiger charge is 2.28. The lowest BCUT2D eigenvalue weighted by atomic mass is 9.82. The number of hydrogen-bond donors (Lipinski definition) is 1. The topological polar surface area (TPSA) is 68.0 Å². The molecule has 4 rings (SSSR count). The van der Waals surface area contributed by atoms with Crippen molar-refractivity contribution in [2.45, 2.75) is 32.2 Å². The van der Waals surface area contributed by atoms with E-state index in [1.54, 1.807) is 12.5 Å². The van der Waals surface area contributed by atoms with Crippen molar-refractivity contribution in [1.29, 1.82) is 0 Å². The SMILES string of the molecule is Cc1ccc(C2CC(=O)c3cnc(NCc4ccco4)nc3C2)cc1. The molecule has 5 heteroatoms. The third-order valence-electron chi connectivity index (χ3n) is 4.59. The number of ketones is 1. The fourth-order valence-electron chi connectivity index (χ4n) is 3.18. The van der Waals surface area contributed by atoms with E-state index in [0.29, 0.717) is 24.5 Å². The molecule has 0 spiro atoms. The van der Waals surface area contributed by atoms with Gasteiger partial charge in [0, 0.05) is 12.6 Å². The number of aryl methyl sites for hydroxylation is 1. The molecule has 1 N–H and O–H groups in total. The van der Waals surface area contributed by atoms with E-state index in [-0.39, 0.29) is 11.7 Å². The van der Waals surface area contributed by atoms with E-state index in [2.05, 4.69) is 46.5 Å². The molecule has 25 heavy (non-hydrogen) atoms. The summed E-state index contributed by atoms with van der Waals surface area (Å²) in [7, 11) is 0. The van der Waals surface area contributed by atoms with E-state index < -0.39 is 0 Å². The van der Waals surface area contributed by atoms with Crippen LogP contribution in [0.3, 0.4) is 0 Å². The van der Waals surface area contributed by atoms with Crippen LogP contribution in [0.1, 0.15) is 45.3 Å².